The van der Waals surface area contributed by atoms with Gasteiger partial charge in [-0.05, 0) is 25.8 Å². The number of hydrogen-bond acceptors (Lipinski definition) is 5. The Morgan fingerprint density at radius 2 is 2.14 bits per heavy atom. The number of nitrogens with zero attached hydrogens (tertiary/aromatic N) is 6. The molecule has 0 saturated carbocycles. The minimum absolute atomic E-state index is 0.0185. The van der Waals surface area contributed by atoms with Crippen LogP contribution in [0.4, 0.5) is 0 Å². The number of likely N-dealkylation sites (tertiary alicyclic amines) is 1. The van der Waals surface area contributed by atoms with Gasteiger partial charge in [0, 0.05) is 50.9 Å². The van der Waals surface area contributed by atoms with Gasteiger partial charge >= 0.3 is 0 Å². The zero-order valence-corrected chi connectivity index (χ0v) is 17.3. The summed E-state index contributed by atoms with van der Waals surface area (Å²) in [4.78, 5) is 37.9. The Hall–Kier alpha value is -2.77. The molecule has 2 aromatic heterocycles. The van der Waals surface area contributed by atoms with Crippen LogP contribution in [0.15, 0.2) is 18.5 Å². The summed E-state index contributed by atoms with van der Waals surface area (Å²) in [5.74, 6) is 0.802. The summed E-state index contributed by atoms with van der Waals surface area (Å²) in [5.41, 5.74) is 2.96. The highest BCUT2D eigenvalue weighted by Crippen LogP contribution is 2.30. The van der Waals surface area contributed by atoms with Crippen molar-refractivity contribution in [3.05, 3.63) is 41.2 Å². The van der Waals surface area contributed by atoms with Crippen LogP contribution in [0.1, 0.15) is 55.5 Å². The summed E-state index contributed by atoms with van der Waals surface area (Å²) < 4.78 is 1.83. The van der Waals surface area contributed by atoms with Crippen LogP contribution in [0.5, 0.6) is 0 Å². The molecule has 0 aromatic carbocycles. The van der Waals surface area contributed by atoms with Gasteiger partial charge in [-0.1, -0.05) is 6.92 Å². The average molecular weight is 396 g/mol. The van der Waals surface area contributed by atoms with E-state index in [1.807, 2.05) is 46.8 Å². The molecule has 0 radical (unpaired) electrons. The molecule has 2 unspecified atom stereocenters. The standard InChI is InChI=1S/C21H28N6O2/c1-14(12-26-10-6-15(2)24-26)21(29)25-9-7-18-17(13-25)11-22-20(23-18)19-5-4-8-27(19)16(3)28/h6,10-11,14,19H,4-5,7-9,12-13H2,1-3H3. The molecule has 154 valence electrons. The third-order valence-electron chi connectivity index (χ3n) is 5.88. The fourth-order valence-corrected chi connectivity index (χ4v) is 4.33. The van der Waals surface area contributed by atoms with Crippen molar-refractivity contribution in [2.45, 2.75) is 59.2 Å². The van der Waals surface area contributed by atoms with Gasteiger partial charge in [0.1, 0.15) is 0 Å². The van der Waals surface area contributed by atoms with Gasteiger partial charge in [-0.3, -0.25) is 14.3 Å². The number of aryl methyl sites for hydroxylation is 1. The van der Waals surface area contributed by atoms with Crippen LogP contribution in [0.3, 0.4) is 0 Å². The highest BCUT2D eigenvalue weighted by Gasteiger charge is 2.32. The minimum atomic E-state index is -0.140. The van der Waals surface area contributed by atoms with Gasteiger partial charge in [0.25, 0.3) is 0 Å². The van der Waals surface area contributed by atoms with Crippen LogP contribution in [0, 0.1) is 12.8 Å². The first-order valence-corrected chi connectivity index (χ1v) is 10.3. The van der Waals surface area contributed by atoms with E-state index in [1.165, 1.54) is 0 Å². The Morgan fingerprint density at radius 1 is 1.31 bits per heavy atom. The lowest BCUT2D eigenvalue weighted by Gasteiger charge is -2.31. The summed E-state index contributed by atoms with van der Waals surface area (Å²) >= 11 is 0. The topological polar surface area (TPSA) is 84.2 Å². The van der Waals surface area contributed by atoms with Crippen LogP contribution < -0.4 is 0 Å². The third kappa shape index (κ3) is 4.02. The first-order valence-electron chi connectivity index (χ1n) is 10.3. The van der Waals surface area contributed by atoms with E-state index < -0.39 is 0 Å². The molecule has 8 nitrogen and oxygen atoms in total. The average Bonchev–Trinajstić information content (AvgIpc) is 3.35. The van der Waals surface area contributed by atoms with Gasteiger partial charge in [0.2, 0.25) is 11.8 Å². The van der Waals surface area contributed by atoms with E-state index in [2.05, 4.69) is 10.1 Å². The monoisotopic (exact) mass is 396 g/mol. The molecule has 1 saturated heterocycles. The lowest BCUT2D eigenvalue weighted by Crippen LogP contribution is -2.40. The van der Waals surface area contributed by atoms with E-state index in [4.69, 9.17) is 4.98 Å². The molecule has 0 bridgehead atoms. The molecule has 2 aromatic rings. The lowest BCUT2D eigenvalue weighted by molar-refractivity contribution is -0.136. The van der Waals surface area contributed by atoms with Crippen LogP contribution in [0.25, 0.3) is 0 Å². The number of aromatic nitrogens is 4. The second kappa shape index (κ2) is 7.93. The quantitative estimate of drug-likeness (QED) is 0.788. The zero-order valence-electron chi connectivity index (χ0n) is 17.3. The van der Waals surface area contributed by atoms with Gasteiger partial charge in [0.15, 0.2) is 5.82 Å². The van der Waals surface area contributed by atoms with Gasteiger partial charge in [-0.25, -0.2) is 9.97 Å². The molecule has 2 amide bonds. The Morgan fingerprint density at radius 3 is 2.86 bits per heavy atom. The highest BCUT2D eigenvalue weighted by atomic mass is 16.2. The minimum Gasteiger partial charge on any atom is -0.338 e. The number of fused-ring (bicyclic) bond motifs is 1. The number of carbonyl (C=O) groups excluding carboxylic acids is 2. The van der Waals surface area contributed by atoms with Crippen LogP contribution in [-0.2, 0) is 29.1 Å². The van der Waals surface area contributed by atoms with Gasteiger partial charge < -0.3 is 9.80 Å². The molecular weight excluding hydrogens is 368 g/mol. The number of amides is 2. The molecule has 29 heavy (non-hydrogen) atoms. The predicted octanol–water partition coefficient (Wildman–Crippen LogP) is 1.89. The first kappa shape index (κ1) is 19.5. The van der Waals surface area contributed by atoms with Gasteiger partial charge in [0.05, 0.1) is 29.9 Å². The molecule has 4 rings (SSSR count). The largest absolute Gasteiger partial charge is 0.338 e. The summed E-state index contributed by atoms with van der Waals surface area (Å²) in [6.07, 6.45) is 6.37. The van der Waals surface area contributed by atoms with Crippen molar-refractivity contribution in [3.8, 4) is 0 Å². The Kier molecular flexibility index (Phi) is 5.34. The van der Waals surface area contributed by atoms with Crippen LogP contribution in [-0.4, -0.2) is 54.5 Å². The molecule has 2 aliphatic rings. The maximum Gasteiger partial charge on any atom is 0.227 e. The molecule has 4 heterocycles. The summed E-state index contributed by atoms with van der Waals surface area (Å²) in [7, 11) is 0. The molecule has 8 heteroatoms. The Balaban J connectivity index is 1.43. The van der Waals surface area contributed by atoms with Gasteiger partial charge in [-0.2, -0.15) is 5.10 Å². The second-order valence-electron chi connectivity index (χ2n) is 8.16. The highest BCUT2D eigenvalue weighted by molar-refractivity contribution is 5.78. The predicted molar refractivity (Wildman–Crippen MR) is 107 cm³/mol. The van der Waals surface area contributed by atoms with Crippen molar-refractivity contribution < 1.29 is 9.59 Å². The molecule has 1 fully saturated rings. The van der Waals surface area contributed by atoms with Crippen LogP contribution >= 0.6 is 0 Å². The Labute approximate surface area is 170 Å². The van der Waals surface area contributed by atoms with Gasteiger partial charge in [-0.15, -0.1) is 0 Å². The molecule has 0 N–H and O–H groups in total. The van der Waals surface area contributed by atoms with Crippen molar-refractivity contribution in [2.24, 2.45) is 5.92 Å². The number of rotatable bonds is 4. The second-order valence-corrected chi connectivity index (χ2v) is 8.16. The SMILES string of the molecule is CC(=O)N1CCCC1c1ncc2c(n1)CCN(C(=O)C(C)Cn1ccc(C)n1)C2. The maximum absolute atomic E-state index is 12.9. The van der Waals surface area contributed by atoms with E-state index in [0.717, 1.165) is 48.6 Å². The molecular formula is C21H28N6O2. The summed E-state index contributed by atoms with van der Waals surface area (Å²) in [6, 6.07) is 1.93. The lowest BCUT2D eigenvalue weighted by atomic mass is 10.0. The van der Waals surface area contributed by atoms with Crippen molar-refractivity contribution in [2.75, 3.05) is 13.1 Å². The van der Waals surface area contributed by atoms with Crippen LogP contribution in [0.2, 0.25) is 0 Å². The van der Waals surface area contributed by atoms with Crippen molar-refractivity contribution >= 4 is 11.8 Å². The fraction of sp³-hybridized carbons (Fsp3) is 0.571. The Bertz CT molecular complexity index is 924. The fourth-order valence-electron chi connectivity index (χ4n) is 4.33. The molecule has 0 aliphatic carbocycles. The summed E-state index contributed by atoms with van der Waals surface area (Å²) in [6.45, 7) is 8.05. The van der Waals surface area contributed by atoms with E-state index in [0.29, 0.717) is 19.6 Å². The molecule has 0 spiro atoms. The van der Waals surface area contributed by atoms with E-state index >= 15 is 0 Å². The van der Waals surface area contributed by atoms with E-state index in [9.17, 15) is 9.59 Å². The normalized spacial score (nSPS) is 19.9. The first-order chi connectivity index (χ1) is 13.9. The van der Waals surface area contributed by atoms with Crippen molar-refractivity contribution in [1.29, 1.82) is 0 Å². The zero-order chi connectivity index (χ0) is 20.5. The smallest absolute Gasteiger partial charge is 0.227 e. The summed E-state index contributed by atoms with van der Waals surface area (Å²) in [5, 5.41) is 4.38. The molecule has 2 aliphatic heterocycles. The van der Waals surface area contributed by atoms with E-state index in [-0.39, 0.29) is 23.8 Å². The van der Waals surface area contributed by atoms with Crippen molar-refractivity contribution in [1.82, 2.24) is 29.5 Å². The maximum atomic E-state index is 12.9. The van der Waals surface area contributed by atoms with E-state index in [1.54, 1.807) is 6.92 Å². The molecule has 2 atom stereocenters. The van der Waals surface area contributed by atoms with Crippen molar-refractivity contribution in [3.63, 3.8) is 0 Å². The number of hydrogen-bond donors (Lipinski definition) is 0. The number of carbonyl (C=O) groups is 2. The third-order valence-corrected chi connectivity index (χ3v) is 5.88.